The Morgan fingerprint density at radius 3 is 2.20 bits per heavy atom. The molecule has 35 heavy (non-hydrogen) atoms. The summed E-state index contributed by atoms with van der Waals surface area (Å²) in [5.74, 6) is -2.39. The number of nitrogens with zero attached hydrogens (tertiary/aromatic N) is 3. The number of esters is 1. The number of carbonyl (C=O) groups excluding carboxylic acids is 1. The van der Waals surface area contributed by atoms with E-state index in [4.69, 9.17) is 9.26 Å². The fourth-order valence-electron chi connectivity index (χ4n) is 2.80. The molecule has 3 aromatic rings. The first-order valence-electron chi connectivity index (χ1n) is 9.33. The minimum absolute atomic E-state index is 0.113. The summed E-state index contributed by atoms with van der Waals surface area (Å²) >= 11 is 0. The molecule has 10 nitrogen and oxygen atoms in total. The second-order valence-corrected chi connectivity index (χ2v) is 6.67. The number of rotatable bonds is 6. The Morgan fingerprint density at radius 1 is 1.14 bits per heavy atom. The van der Waals surface area contributed by atoms with E-state index in [1.165, 1.54) is 6.92 Å². The molecule has 1 N–H and O–H groups in total. The van der Waals surface area contributed by atoms with Crippen LogP contribution in [0.15, 0.2) is 45.8 Å². The molecule has 16 heteroatoms. The van der Waals surface area contributed by atoms with Crippen molar-refractivity contribution in [2.45, 2.75) is 19.3 Å². The van der Waals surface area contributed by atoms with Crippen molar-refractivity contribution in [3.05, 3.63) is 73.8 Å². The highest BCUT2D eigenvalue weighted by molar-refractivity contribution is 5.95. The SMILES string of the molecule is CCOC(=O)c1c(Nc2cc(C(F)(F)F)cc(C(F)(F)F)c2)n(-c2ccc([N+](=O)[O-])cn2)oc1=O. The summed E-state index contributed by atoms with van der Waals surface area (Å²) in [5, 5.41) is 13.0. The molecule has 0 saturated heterocycles. The third-order valence-electron chi connectivity index (χ3n) is 4.30. The number of hydrogen-bond acceptors (Lipinski definition) is 8. The smallest absolute Gasteiger partial charge is 0.416 e. The highest BCUT2D eigenvalue weighted by Gasteiger charge is 2.37. The molecule has 0 spiro atoms. The number of anilines is 2. The highest BCUT2D eigenvalue weighted by Crippen LogP contribution is 2.38. The summed E-state index contributed by atoms with van der Waals surface area (Å²) in [5.41, 5.74) is -6.88. The minimum atomic E-state index is -5.17. The zero-order valence-electron chi connectivity index (χ0n) is 17.2. The largest absolute Gasteiger partial charge is 0.462 e. The molecule has 2 aromatic heterocycles. The standard InChI is InChI=1S/C19H12F6N4O6/c1-2-34-16(30)14-15(28(35-17(14)31)13-4-3-12(8-26-13)29(32)33)27-11-6-9(18(20,21)22)5-10(7-11)19(23,24)25/h3-8,27H,2H2,1H3. The van der Waals surface area contributed by atoms with Gasteiger partial charge in [0.25, 0.3) is 5.69 Å². The van der Waals surface area contributed by atoms with Crippen LogP contribution in [0, 0.1) is 10.1 Å². The fraction of sp³-hybridized carbons (Fsp3) is 0.211. The molecule has 0 fully saturated rings. The maximum Gasteiger partial charge on any atom is 0.416 e. The first-order chi connectivity index (χ1) is 16.2. The van der Waals surface area contributed by atoms with E-state index in [1.54, 1.807) is 0 Å². The highest BCUT2D eigenvalue weighted by atomic mass is 19.4. The zero-order chi connectivity index (χ0) is 26.1. The van der Waals surface area contributed by atoms with Crippen molar-refractivity contribution in [1.29, 1.82) is 0 Å². The van der Waals surface area contributed by atoms with E-state index in [1.807, 2.05) is 0 Å². The van der Waals surface area contributed by atoms with Crippen LogP contribution in [0.2, 0.25) is 0 Å². The number of hydrogen-bond donors (Lipinski definition) is 1. The molecule has 0 unspecified atom stereocenters. The van der Waals surface area contributed by atoms with Gasteiger partial charge in [-0.1, -0.05) is 0 Å². The molecule has 0 aliphatic carbocycles. The Balaban J connectivity index is 2.22. The van der Waals surface area contributed by atoms with Gasteiger partial charge in [-0.2, -0.15) is 26.3 Å². The van der Waals surface area contributed by atoms with Crippen molar-refractivity contribution in [3.8, 4) is 5.82 Å². The molecule has 0 aliphatic rings. The molecule has 0 aliphatic heterocycles. The summed E-state index contributed by atoms with van der Waals surface area (Å²) in [6, 6.07) is 2.42. The van der Waals surface area contributed by atoms with Gasteiger partial charge in [-0.15, -0.1) is 4.74 Å². The van der Waals surface area contributed by atoms with Gasteiger partial charge < -0.3 is 14.6 Å². The number of halogens is 6. The van der Waals surface area contributed by atoms with Crippen LogP contribution in [0.1, 0.15) is 28.4 Å². The van der Waals surface area contributed by atoms with Crippen LogP contribution < -0.4 is 10.9 Å². The number of nitro groups is 1. The topological polar surface area (TPSA) is 130 Å². The predicted molar refractivity (Wildman–Crippen MR) is 104 cm³/mol. The number of benzene rings is 1. The maximum absolute atomic E-state index is 13.2. The van der Waals surface area contributed by atoms with Crippen molar-refractivity contribution < 1.29 is 45.3 Å². The summed E-state index contributed by atoms with van der Waals surface area (Å²) in [4.78, 5) is 38.4. The van der Waals surface area contributed by atoms with Crippen molar-refractivity contribution in [3.63, 3.8) is 0 Å². The first kappa shape index (κ1) is 25.3. The van der Waals surface area contributed by atoms with Crippen LogP contribution in [0.3, 0.4) is 0 Å². The Morgan fingerprint density at radius 2 is 1.74 bits per heavy atom. The molecule has 3 rings (SSSR count). The number of pyridine rings is 1. The van der Waals surface area contributed by atoms with Crippen LogP contribution in [0.4, 0.5) is 43.5 Å². The zero-order valence-corrected chi connectivity index (χ0v) is 17.2. The van der Waals surface area contributed by atoms with E-state index < -0.39 is 62.8 Å². The quantitative estimate of drug-likeness (QED) is 0.221. The molecule has 2 heterocycles. The van der Waals surface area contributed by atoms with Crippen molar-refractivity contribution in [2.24, 2.45) is 0 Å². The Kier molecular flexibility index (Phi) is 6.57. The molecule has 1 aromatic carbocycles. The third kappa shape index (κ3) is 5.42. The van der Waals surface area contributed by atoms with Gasteiger partial charge in [0.15, 0.2) is 17.2 Å². The van der Waals surface area contributed by atoms with Gasteiger partial charge in [-0.05, 0) is 31.2 Å². The van der Waals surface area contributed by atoms with E-state index in [9.17, 15) is 46.0 Å². The van der Waals surface area contributed by atoms with E-state index >= 15 is 0 Å². The summed E-state index contributed by atoms with van der Waals surface area (Å²) in [6.45, 7) is 1.14. The monoisotopic (exact) mass is 506 g/mol. The number of ether oxygens (including phenoxy) is 1. The average molecular weight is 506 g/mol. The number of aromatic nitrogens is 2. The lowest BCUT2D eigenvalue weighted by Gasteiger charge is -2.16. The van der Waals surface area contributed by atoms with E-state index in [-0.39, 0.29) is 18.5 Å². The third-order valence-corrected chi connectivity index (χ3v) is 4.30. The van der Waals surface area contributed by atoms with Gasteiger partial charge in [0, 0.05) is 11.8 Å². The average Bonchev–Trinajstić information content (AvgIpc) is 3.08. The minimum Gasteiger partial charge on any atom is -0.462 e. The molecular weight excluding hydrogens is 494 g/mol. The second-order valence-electron chi connectivity index (χ2n) is 6.67. The molecule has 186 valence electrons. The normalized spacial score (nSPS) is 11.9. The van der Waals surface area contributed by atoms with Gasteiger partial charge >= 0.3 is 23.9 Å². The first-order valence-corrected chi connectivity index (χ1v) is 9.33. The van der Waals surface area contributed by atoms with Crippen LogP contribution in [0.25, 0.3) is 5.82 Å². The lowest BCUT2D eigenvalue weighted by atomic mass is 10.1. The van der Waals surface area contributed by atoms with Gasteiger partial charge in [0.2, 0.25) is 0 Å². The molecule has 0 saturated carbocycles. The maximum atomic E-state index is 13.2. The molecule has 0 atom stereocenters. The van der Waals surface area contributed by atoms with Crippen molar-refractivity contribution in [2.75, 3.05) is 11.9 Å². The number of nitrogens with one attached hydrogen (secondary N) is 1. The van der Waals surface area contributed by atoms with Gasteiger partial charge in [0.1, 0.15) is 6.20 Å². The summed E-state index contributed by atoms with van der Waals surface area (Å²) < 4.78 is 89.4. The van der Waals surface area contributed by atoms with Crippen LogP contribution in [-0.2, 0) is 17.1 Å². The predicted octanol–water partition coefficient (Wildman–Crippen LogP) is 4.69. The van der Waals surface area contributed by atoms with Crippen molar-refractivity contribution >= 4 is 23.2 Å². The molecule has 0 bridgehead atoms. The van der Waals surface area contributed by atoms with Gasteiger partial charge in [-0.3, -0.25) is 10.1 Å². The fourth-order valence-corrected chi connectivity index (χ4v) is 2.80. The lowest BCUT2D eigenvalue weighted by molar-refractivity contribution is -0.385. The molecule has 0 radical (unpaired) electrons. The van der Waals surface area contributed by atoms with Crippen LogP contribution in [-0.4, -0.2) is 27.2 Å². The molecule has 0 amide bonds. The summed E-state index contributed by atoms with van der Waals surface area (Å²) in [6.07, 6.45) is -9.59. The Bertz CT molecular complexity index is 1300. The summed E-state index contributed by atoms with van der Waals surface area (Å²) in [7, 11) is 0. The van der Waals surface area contributed by atoms with Crippen LogP contribution in [0.5, 0.6) is 0 Å². The van der Waals surface area contributed by atoms with E-state index in [0.29, 0.717) is 16.9 Å². The van der Waals surface area contributed by atoms with E-state index in [0.717, 1.165) is 18.3 Å². The van der Waals surface area contributed by atoms with Crippen molar-refractivity contribution in [1.82, 2.24) is 9.72 Å². The second kappa shape index (κ2) is 9.11. The molecular formula is C19H12F6N4O6. The van der Waals surface area contributed by atoms with Gasteiger partial charge in [0.05, 0.1) is 22.7 Å². The Labute approximate surface area is 189 Å². The Hall–Kier alpha value is -4.37. The van der Waals surface area contributed by atoms with E-state index in [2.05, 4.69) is 10.3 Å². The number of alkyl halides is 6. The van der Waals surface area contributed by atoms with Crippen LogP contribution >= 0.6 is 0 Å². The number of carbonyl (C=O) groups is 1. The lowest BCUT2D eigenvalue weighted by Crippen LogP contribution is -2.16. The van der Waals surface area contributed by atoms with Gasteiger partial charge in [-0.25, -0.2) is 14.6 Å².